The number of primary amides is 1. The third-order valence-corrected chi connectivity index (χ3v) is 1.26. The lowest BCUT2D eigenvalue weighted by Crippen LogP contribution is -2.13. The smallest absolute Gasteiger partial charge is 0.218 e. The highest BCUT2D eigenvalue weighted by Gasteiger charge is 2.05. The van der Waals surface area contributed by atoms with E-state index in [-0.39, 0.29) is 11.8 Å². The summed E-state index contributed by atoms with van der Waals surface area (Å²) in [6, 6.07) is 0. The van der Waals surface area contributed by atoms with Crippen molar-refractivity contribution >= 4 is 5.91 Å². The first-order valence-corrected chi connectivity index (χ1v) is 2.92. The van der Waals surface area contributed by atoms with Gasteiger partial charge >= 0.3 is 0 Å². The second kappa shape index (κ2) is 2.49. The molecule has 0 saturated heterocycles. The summed E-state index contributed by atoms with van der Waals surface area (Å²) < 4.78 is 0. The van der Waals surface area contributed by atoms with Crippen LogP contribution in [0.3, 0.4) is 0 Å². The van der Waals surface area contributed by atoms with Crippen LogP contribution in [-0.2, 0) is 4.79 Å². The van der Waals surface area contributed by atoms with Gasteiger partial charge in [0.05, 0.1) is 0 Å². The summed E-state index contributed by atoms with van der Waals surface area (Å²) in [7, 11) is 0. The molecule has 2 N–H and O–H groups in total. The molecule has 0 radical (unpaired) electrons. The van der Waals surface area contributed by atoms with Crippen LogP contribution in [0.15, 0.2) is 24.3 Å². The van der Waals surface area contributed by atoms with Crippen molar-refractivity contribution in [1.82, 2.24) is 0 Å². The van der Waals surface area contributed by atoms with Crippen LogP contribution in [0.25, 0.3) is 0 Å². The largest absolute Gasteiger partial charge is 0.370 e. The van der Waals surface area contributed by atoms with Gasteiger partial charge in [-0.3, -0.25) is 4.79 Å². The van der Waals surface area contributed by atoms with Crippen LogP contribution in [0.1, 0.15) is 6.42 Å². The van der Waals surface area contributed by atoms with Gasteiger partial charge in [-0.05, 0) is 0 Å². The minimum atomic E-state index is -0.240. The predicted molar refractivity (Wildman–Crippen MR) is 35.6 cm³/mol. The summed E-state index contributed by atoms with van der Waals surface area (Å²) in [4.78, 5) is 10.3. The molecule has 1 aliphatic carbocycles. The van der Waals surface area contributed by atoms with Gasteiger partial charge in [-0.2, -0.15) is 0 Å². The minimum absolute atomic E-state index is 0.240. The van der Waals surface area contributed by atoms with E-state index >= 15 is 0 Å². The summed E-state index contributed by atoms with van der Waals surface area (Å²) in [5.74, 6) is 0.0127. The van der Waals surface area contributed by atoms with Crippen molar-refractivity contribution in [2.45, 2.75) is 6.42 Å². The van der Waals surface area contributed by atoms with Crippen molar-refractivity contribution in [2.75, 3.05) is 0 Å². The molecule has 0 saturated carbocycles. The Morgan fingerprint density at radius 1 is 1.44 bits per heavy atom. The molecule has 0 aliphatic heterocycles. The summed E-state index contributed by atoms with van der Waals surface area (Å²) in [6.45, 7) is 0. The van der Waals surface area contributed by atoms with Crippen LogP contribution >= 0.6 is 0 Å². The molecule has 1 rings (SSSR count). The van der Waals surface area contributed by atoms with Crippen molar-refractivity contribution in [3.05, 3.63) is 24.3 Å². The van der Waals surface area contributed by atoms with E-state index in [1.165, 1.54) is 0 Å². The van der Waals surface area contributed by atoms with Gasteiger partial charge in [0.15, 0.2) is 0 Å². The summed E-state index contributed by atoms with van der Waals surface area (Å²) >= 11 is 0. The van der Waals surface area contributed by atoms with Crippen LogP contribution < -0.4 is 5.73 Å². The molecule has 48 valence electrons. The van der Waals surface area contributed by atoms with Crippen molar-refractivity contribution < 1.29 is 4.79 Å². The standard InChI is InChI=1S/C7H9NO/c8-7(9)5-6-3-1-2-4-6/h1-4,6H,5H2,(H2,8,9). The molecule has 0 bridgehead atoms. The van der Waals surface area contributed by atoms with Crippen LogP contribution in [0.2, 0.25) is 0 Å². The van der Waals surface area contributed by atoms with E-state index in [9.17, 15) is 4.79 Å². The number of rotatable bonds is 2. The first-order valence-electron chi connectivity index (χ1n) is 2.92. The van der Waals surface area contributed by atoms with E-state index < -0.39 is 0 Å². The van der Waals surface area contributed by atoms with Crippen molar-refractivity contribution in [1.29, 1.82) is 0 Å². The molecule has 0 aromatic rings. The molecule has 0 heterocycles. The highest BCUT2D eigenvalue weighted by molar-refractivity contribution is 5.74. The average Bonchev–Trinajstić information content (AvgIpc) is 2.15. The number of nitrogens with two attached hydrogens (primary N) is 1. The van der Waals surface area contributed by atoms with Gasteiger partial charge in [0, 0.05) is 12.3 Å². The number of allylic oxidation sites excluding steroid dienone is 4. The van der Waals surface area contributed by atoms with Crippen LogP contribution in [0.4, 0.5) is 0 Å². The topological polar surface area (TPSA) is 43.1 Å². The van der Waals surface area contributed by atoms with Crippen molar-refractivity contribution in [3.63, 3.8) is 0 Å². The Balaban J connectivity index is 2.37. The van der Waals surface area contributed by atoms with Gasteiger partial charge < -0.3 is 5.73 Å². The first kappa shape index (κ1) is 6.08. The number of carbonyl (C=O) groups excluding carboxylic acids is 1. The second-order valence-electron chi connectivity index (χ2n) is 2.10. The highest BCUT2D eigenvalue weighted by Crippen LogP contribution is 2.11. The molecule has 1 aliphatic rings. The molecular weight excluding hydrogens is 114 g/mol. The van der Waals surface area contributed by atoms with Crippen LogP contribution in [0, 0.1) is 5.92 Å². The zero-order valence-electron chi connectivity index (χ0n) is 5.08. The average molecular weight is 123 g/mol. The van der Waals surface area contributed by atoms with E-state index in [0.29, 0.717) is 6.42 Å². The zero-order valence-corrected chi connectivity index (χ0v) is 5.08. The summed E-state index contributed by atoms with van der Waals surface area (Å²) in [5, 5.41) is 0. The third-order valence-electron chi connectivity index (χ3n) is 1.26. The number of carbonyl (C=O) groups is 1. The van der Waals surface area contributed by atoms with E-state index in [1.54, 1.807) is 0 Å². The van der Waals surface area contributed by atoms with Gasteiger partial charge in [-0.1, -0.05) is 24.3 Å². The van der Waals surface area contributed by atoms with Crippen molar-refractivity contribution in [2.24, 2.45) is 11.7 Å². The van der Waals surface area contributed by atoms with Gasteiger partial charge in [0.2, 0.25) is 5.91 Å². The lowest BCUT2D eigenvalue weighted by atomic mass is 10.1. The lowest BCUT2D eigenvalue weighted by molar-refractivity contribution is -0.118. The zero-order chi connectivity index (χ0) is 6.69. The maximum atomic E-state index is 10.3. The monoisotopic (exact) mass is 123 g/mol. The molecule has 0 fully saturated rings. The number of amides is 1. The van der Waals surface area contributed by atoms with Crippen molar-refractivity contribution in [3.8, 4) is 0 Å². The van der Waals surface area contributed by atoms with Gasteiger partial charge in [-0.25, -0.2) is 0 Å². The Morgan fingerprint density at radius 3 is 2.44 bits per heavy atom. The fraction of sp³-hybridized carbons (Fsp3) is 0.286. The maximum Gasteiger partial charge on any atom is 0.218 e. The minimum Gasteiger partial charge on any atom is -0.370 e. The molecule has 0 aromatic heterocycles. The van der Waals surface area contributed by atoms with Crippen LogP contribution in [-0.4, -0.2) is 5.91 Å². The Kier molecular flexibility index (Phi) is 1.68. The SMILES string of the molecule is NC(=O)CC1C=CC=C1. The molecule has 2 heteroatoms. The third kappa shape index (κ3) is 1.72. The Hall–Kier alpha value is -1.05. The first-order chi connectivity index (χ1) is 4.29. The molecule has 0 atom stereocenters. The fourth-order valence-corrected chi connectivity index (χ4v) is 0.846. The van der Waals surface area contributed by atoms with E-state index in [2.05, 4.69) is 0 Å². The Labute approximate surface area is 54.0 Å². The van der Waals surface area contributed by atoms with E-state index in [0.717, 1.165) is 0 Å². The summed E-state index contributed by atoms with van der Waals surface area (Å²) in [5.41, 5.74) is 4.97. The molecule has 1 amide bonds. The maximum absolute atomic E-state index is 10.3. The van der Waals surface area contributed by atoms with E-state index in [1.807, 2.05) is 24.3 Å². The highest BCUT2D eigenvalue weighted by atomic mass is 16.1. The number of hydrogen-bond acceptors (Lipinski definition) is 1. The Morgan fingerprint density at radius 2 is 2.00 bits per heavy atom. The molecule has 0 unspecified atom stereocenters. The number of hydrogen-bond donors (Lipinski definition) is 1. The molecule has 2 nitrogen and oxygen atoms in total. The van der Waals surface area contributed by atoms with Gasteiger partial charge in [0.25, 0.3) is 0 Å². The summed E-state index contributed by atoms with van der Waals surface area (Å²) in [6.07, 6.45) is 8.21. The Bertz CT molecular complexity index is 158. The molecule has 0 aromatic carbocycles. The van der Waals surface area contributed by atoms with E-state index in [4.69, 9.17) is 5.73 Å². The quantitative estimate of drug-likeness (QED) is 0.574. The van der Waals surface area contributed by atoms with Crippen LogP contribution in [0.5, 0.6) is 0 Å². The normalized spacial score (nSPS) is 16.9. The van der Waals surface area contributed by atoms with Gasteiger partial charge in [0.1, 0.15) is 0 Å². The predicted octanol–water partition coefficient (Wildman–Crippen LogP) is 0.604. The lowest BCUT2D eigenvalue weighted by Gasteiger charge is -1.97. The molecule has 9 heavy (non-hydrogen) atoms. The second-order valence-corrected chi connectivity index (χ2v) is 2.10. The molecular formula is C7H9NO. The molecule has 0 spiro atoms. The fourth-order valence-electron chi connectivity index (χ4n) is 0.846. The van der Waals surface area contributed by atoms with Gasteiger partial charge in [-0.15, -0.1) is 0 Å².